The van der Waals surface area contributed by atoms with Gasteiger partial charge in [0.25, 0.3) is 6.21 Å². The van der Waals surface area contributed by atoms with Crippen molar-refractivity contribution in [3.8, 4) is 0 Å². The quantitative estimate of drug-likeness (QED) is 0.413. The second kappa shape index (κ2) is 5.91. The van der Waals surface area contributed by atoms with Gasteiger partial charge in [0, 0.05) is 12.2 Å². The fourth-order valence-corrected chi connectivity index (χ4v) is 1.11. The molecule has 0 spiro atoms. The van der Waals surface area contributed by atoms with Gasteiger partial charge in [0.1, 0.15) is 0 Å². The van der Waals surface area contributed by atoms with E-state index in [2.05, 4.69) is 10.1 Å². The Balaban J connectivity index is 2.54. The molecule has 0 saturated carbocycles. The van der Waals surface area contributed by atoms with Gasteiger partial charge in [-0.3, -0.25) is 0 Å². The molecular weight excluding hydrogens is 178 g/mol. The molecule has 0 heterocycles. The Morgan fingerprint density at radius 2 is 2.07 bits per heavy atom. The molecule has 0 unspecified atom stereocenters. The van der Waals surface area contributed by atoms with Gasteiger partial charge < -0.3 is 16.0 Å². The summed E-state index contributed by atoms with van der Waals surface area (Å²) in [6.07, 6.45) is 2.06. The lowest BCUT2D eigenvalue weighted by molar-refractivity contribution is 0.00157. The highest BCUT2D eigenvalue weighted by molar-refractivity contribution is 5.56. The minimum absolute atomic E-state index is 0.124. The van der Waals surface area contributed by atoms with Gasteiger partial charge in [0.05, 0.1) is 13.0 Å². The Bertz CT molecular complexity index is 315. The Hall–Kier alpha value is -1.64. The fraction of sp³-hybridized carbons (Fsp3) is 0.300. The third-order valence-corrected chi connectivity index (χ3v) is 1.80. The Kier molecular flexibility index (Phi) is 4.41. The van der Waals surface area contributed by atoms with Crippen molar-refractivity contribution in [1.29, 1.82) is 0 Å². The smallest absolute Gasteiger partial charge is 0.261 e. The zero-order valence-electron chi connectivity index (χ0n) is 7.85. The van der Waals surface area contributed by atoms with Crippen LogP contribution in [0.5, 0.6) is 0 Å². The highest BCUT2D eigenvalue weighted by Gasteiger charge is 1.94. The summed E-state index contributed by atoms with van der Waals surface area (Å²) in [6, 6.07) is 7.75. The molecule has 0 aromatic heterocycles. The topological polar surface area (TPSA) is 68.7 Å². The summed E-state index contributed by atoms with van der Waals surface area (Å²) in [6.45, 7) is 0.677. The zero-order valence-corrected chi connectivity index (χ0v) is 7.85. The lowest BCUT2D eigenvalue weighted by Gasteiger charge is -2.03. The van der Waals surface area contributed by atoms with Gasteiger partial charge in [0.15, 0.2) is 0 Å². The molecular formula is C10H13N3O. The number of hydrogen-bond acceptors (Lipinski definition) is 2. The predicted molar refractivity (Wildman–Crippen MR) is 55.4 cm³/mol. The molecule has 1 aromatic carbocycles. The van der Waals surface area contributed by atoms with Crippen LogP contribution in [0.15, 0.2) is 24.3 Å². The number of nitrogens with zero attached hydrogens (tertiary/aromatic N) is 2. The molecule has 0 aliphatic rings. The standard InChI is InChI=1S/C10H13N3O/c11-13-6-5-9-1-3-10(4-2-9)12-7-8-14/h1-4,6,12,14H,5,7-8H2. The summed E-state index contributed by atoms with van der Waals surface area (Å²) < 4.78 is 0. The number of benzene rings is 1. The monoisotopic (exact) mass is 191 g/mol. The predicted octanol–water partition coefficient (Wildman–Crippen LogP) is 0.934. The van der Waals surface area contributed by atoms with Crippen LogP contribution < -0.4 is 5.32 Å². The first kappa shape index (κ1) is 10.4. The molecule has 0 aliphatic heterocycles. The van der Waals surface area contributed by atoms with E-state index in [0.29, 0.717) is 13.0 Å². The van der Waals surface area contributed by atoms with E-state index < -0.39 is 0 Å². The molecule has 14 heavy (non-hydrogen) atoms. The first-order valence-corrected chi connectivity index (χ1v) is 4.46. The summed E-state index contributed by atoms with van der Waals surface area (Å²) in [5.74, 6) is 0. The van der Waals surface area contributed by atoms with Crippen LogP contribution in [-0.4, -0.2) is 29.3 Å². The van der Waals surface area contributed by atoms with Crippen LogP contribution in [0.25, 0.3) is 5.53 Å². The molecule has 0 bridgehead atoms. The molecule has 1 aromatic rings. The Labute approximate surface area is 82.8 Å². The molecule has 1 rings (SSSR count). The van der Waals surface area contributed by atoms with Crippen LogP contribution in [0.2, 0.25) is 0 Å². The van der Waals surface area contributed by atoms with Crippen molar-refractivity contribution in [2.24, 2.45) is 0 Å². The van der Waals surface area contributed by atoms with Gasteiger partial charge in [-0.05, 0) is 17.7 Å². The molecule has 2 N–H and O–H groups in total. The average molecular weight is 191 g/mol. The normalized spacial score (nSPS) is 9.21. The number of nitrogens with one attached hydrogen (secondary N) is 1. The van der Waals surface area contributed by atoms with Crippen LogP contribution in [0, 0.1) is 0 Å². The lowest BCUT2D eigenvalue weighted by atomic mass is 10.1. The first-order chi connectivity index (χ1) is 6.86. The van der Waals surface area contributed by atoms with Crippen LogP contribution in [0.1, 0.15) is 5.56 Å². The van der Waals surface area contributed by atoms with Crippen molar-refractivity contribution in [2.45, 2.75) is 6.42 Å². The van der Waals surface area contributed by atoms with Gasteiger partial charge >= 0.3 is 0 Å². The van der Waals surface area contributed by atoms with E-state index in [1.807, 2.05) is 24.3 Å². The van der Waals surface area contributed by atoms with E-state index in [0.717, 1.165) is 11.3 Å². The fourth-order valence-electron chi connectivity index (χ4n) is 1.11. The van der Waals surface area contributed by atoms with Crippen molar-refractivity contribution >= 4 is 11.9 Å². The maximum Gasteiger partial charge on any atom is 0.261 e. The summed E-state index contributed by atoms with van der Waals surface area (Å²) in [7, 11) is 0. The van der Waals surface area contributed by atoms with E-state index >= 15 is 0 Å². The SMILES string of the molecule is [N-]=[N+]=CCc1ccc(NCCO)cc1. The van der Waals surface area contributed by atoms with Crippen molar-refractivity contribution in [2.75, 3.05) is 18.5 Å². The molecule has 0 saturated heterocycles. The number of aliphatic hydroxyl groups is 1. The second-order valence-corrected chi connectivity index (χ2v) is 2.85. The van der Waals surface area contributed by atoms with E-state index in [4.69, 9.17) is 10.6 Å². The highest BCUT2D eigenvalue weighted by Crippen LogP contribution is 2.08. The van der Waals surface area contributed by atoms with E-state index in [1.165, 1.54) is 6.21 Å². The minimum Gasteiger partial charge on any atom is -0.395 e. The van der Waals surface area contributed by atoms with E-state index in [1.54, 1.807) is 0 Å². The Morgan fingerprint density at radius 3 is 2.64 bits per heavy atom. The minimum atomic E-state index is 0.124. The second-order valence-electron chi connectivity index (χ2n) is 2.85. The van der Waals surface area contributed by atoms with E-state index in [-0.39, 0.29) is 6.61 Å². The molecule has 74 valence electrons. The van der Waals surface area contributed by atoms with Gasteiger partial charge in [-0.1, -0.05) is 12.1 Å². The van der Waals surface area contributed by atoms with Crippen molar-refractivity contribution < 1.29 is 9.90 Å². The summed E-state index contributed by atoms with van der Waals surface area (Å²) >= 11 is 0. The molecule has 4 nitrogen and oxygen atoms in total. The number of aliphatic hydroxyl groups excluding tert-OH is 1. The maximum absolute atomic E-state index is 8.59. The van der Waals surface area contributed by atoms with Gasteiger partial charge in [-0.2, -0.15) is 4.79 Å². The lowest BCUT2D eigenvalue weighted by Crippen LogP contribution is -2.05. The molecule has 4 heteroatoms. The van der Waals surface area contributed by atoms with Gasteiger partial charge in [0.2, 0.25) is 0 Å². The summed E-state index contributed by atoms with van der Waals surface area (Å²) in [5, 5.41) is 11.6. The van der Waals surface area contributed by atoms with Crippen LogP contribution in [0.3, 0.4) is 0 Å². The summed E-state index contributed by atoms with van der Waals surface area (Å²) in [4.78, 5) is 2.93. The molecule has 0 fully saturated rings. The zero-order chi connectivity index (χ0) is 10.2. The van der Waals surface area contributed by atoms with Crippen molar-refractivity contribution in [3.63, 3.8) is 0 Å². The molecule has 0 amide bonds. The van der Waals surface area contributed by atoms with Crippen LogP contribution >= 0.6 is 0 Å². The van der Waals surface area contributed by atoms with Crippen molar-refractivity contribution in [3.05, 3.63) is 35.4 Å². The van der Waals surface area contributed by atoms with Gasteiger partial charge in [-0.15, -0.1) is 0 Å². The third kappa shape index (κ3) is 3.39. The molecule has 0 aliphatic carbocycles. The van der Waals surface area contributed by atoms with Crippen molar-refractivity contribution in [1.82, 2.24) is 0 Å². The number of hydrogen-bond donors (Lipinski definition) is 2. The number of rotatable bonds is 5. The van der Waals surface area contributed by atoms with E-state index in [9.17, 15) is 0 Å². The highest BCUT2D eigenvalue weighted by atomic mass is 16.3. The first-order valence-electron chi connectivity index (χ1n) is 4.46. The third-order valence-electron chi connectivity index (χ3n) is 1.80. The van der Waals surface area contributed by atoms with Crippen LogP contribution in [-0.2, 0) is 6.42 Å². The summed E-state index contributed by atoms with van der Waals surface area (Å²) in [5.41, 5.74) is 10.3. The molecule has 0 radical (unpaired) electrons. The van der Waals surface area contributed by atoms with Crippen LogP contribution in [0.4, 0.5) is 5.69 Å². The maximum atomic E-state index is 8.59. The largest absolute Gasteiger partial charge is 0.395 e. The number of anilines is 1. The Morgan fingerprint density at radius 1 is 1.36 bits per heavy atom. The molecule has 0 atom stereocenters. The average Bonchev–Trinajstić information content (AvgIpc) is 2.25. The van der Waals surface area contributed by atoms with Gasteiger partial charge in [-0.25, -0.2) is 0 Å².